The maximum absolute atomic E-state index is 13.1. The first-order chi connectivity index (χ1) is 11.8. The summed E-state index contributed by atoms with van der Waals surface area (Å²) >= 11 is 2.01. The first kappa shape index (κ1) is 15.8. The van der Waals surface area contributed by atoms with Crippen molar-refractivity contribution in [3.8, 4) is 0 Å². The fraction of sp³-hybridized carbons (Fsp3) is 0.450. The molecule has 4 heteroatoms. The molecule has 0 N–H and O–H groups in total. The third-order valence-corrected chi connectivity index (χ3v) is 6.52. The van der Waals surface area contributed by atoms with Gasteiger partial charge in [0.1, 0.15) is 0 Å². The summed E-state index contributed by atoms with van der Waals surface area (Å²) < 4.78 is 2.29. The first-order valence-corrected chi connectivity index (χ1v) is 9.98. The van der Waals surface area contributed by atoms with Gasteiger partial charge in [0.15, 0.2) is 0 Å². The van der Waals surface area contributed by atoms with Crippen molar-refractivity contribution in [1.82, 2.24) is 9.47 Å². The third-order valence-electron chi connectivity index (χ3n) is 5.54. The number of carbonyl (C=O) groups excluding carboxylic acids is 1. The number of rotatable bonds is 3. The number of nitrogens with zero attached hydrogens (tertiary/aromatic N) is 2. The smallest absolute Gasteiger partial charge is 0.225 e. The Bertz CT molecular complexity index is 704. The Kier molecular flexibility index (Phi) is 4.40. The Morgan fingerprint density at radius 3 is 2.50 bits per heavy atom. The summed E-state index contributed by atoms with van der Waals surface area (Å²) in [5.41, 5.74) is 2.69. The molecule has 1 amide bonds. The standard InChI is InChI=1S/C20H24N2OS/c23-19(21-12-7-17-5-1-2-6-18(17)16-21)15-20(8-13-24-14-9-20)22-10-3-4-11-22/h1-6,10-11H,7-9,12-16H2. The van der Waals surface area contributed by atoms with Gasteiger partial charge < -0.3 is 9.47 Å². The highest BCUT2D eigenvalue weighted by Crippen LogP contribution is 2.37. The monoisotopic (exact) mass is 340 g/mol. The summed E-state index contributed by atoms with van der Waals surface area (Å²) in [5.74, 6) is 2.60. The molecular weight excluding hydrogens is 316 g/mol. The SMILES string of the molecule is O=C(CC1(n2cccc2)CCSCC1)N1CCc2ccccc2C1. The van der Waals surface area contributed by atoms with Gasteiger partial charge in [-0.1, -0.05) is 24.3 Å². The van der Waals surface area contributed by atoms with E-state index in [1.165, 1.54) is 11.1 Å². The normalized spacial score (nSPS) is 19.8. The lowest BCUT2D eigenvalue weighted by atomic mass is 9.87. The quantitative estimate of drug-likeness (QED) is 0.851. The molecule has 3 nitrogen and oxygen atoms in total. The number of benzene rings is 1. The van der Waals surface area contributed by atoms with E-state index in [4.69, 9.17) is 0 Å². The molecule has 2 aliphatic rings. The van der Waals surface area contributed by atoms with Crippen LogP contribution in [0.15, 0.2) is 48.8 Å². The molecule has 1 aromatic carbocycles. The average molecular weight is 340 g/mol. The van der Waals surface area contributed by atoms with Crippen LogP contribution in [0.5, 0.6) is 0 Å². The molecule has 4 rings (SSSR count). The zero-order valence-corrected chi connectivity index (χ0v) is 14.8. The van der Waals surface area contributed by atoms with Gasteiger partial charge in [-0.05, 0) is 54.0 Å². The topological polar surface area (TPSA) is 25.2 Å². The molecule has 1 aromatic heterocycles. The highest BCUT2D eigenvalue weighted by molar-refractivity contribution is 7.99. The van der Waals surface area contributed by atoms with Gasteiger partial charge in [0, 0.05) is 25.5 Å². The highest BCUT2D eigenvalue weighted by atomic mass is 32.2. The lowest BCUT2D eigenvalue weighted by Gasteiger charge is -2.40. The van der Waals surface area contributed by atoms with Gasteiger partial charge in [-0.3, -0.25) is 4.79 Å². The van der Waals surface area contributed by atoms with Gasteiger partial charge >= 0.3 is 0 Å². The van der Waals surface area contributed by atoms with Crippen LogP contribution >= 0.6 is 11.8 Å². The van der Waals surface area contributed by atoms with E-state index in [0.29, 0.717) is 12.3 Å². The Morgan fingerprint density at radius 1 is 1.04 bits per heavy atom. The van der Waals surface area contributed by atoms with Gasteiger partial charge in [0.05, 0.1) is 12.0 Å². The van der Waals surface area contributed by atoms with Gasteiger partial charge in [-0.2, -0.15) is 11.8 Å². The van der Waals surface area contributed by atoms with Crippen molar-refractivity contribution in [1.29, 1.82) is 0 Å². The molecule has 0 radical (unpaired) electrons. The predicted molar refractivity (Wildman–Crippen MR) is 99.1 cm³/mol. The number of carbonyl (C=O) groups is 1. The Balaban J connectivity index is 1.52. The molecular formula is C20H24N2OS. The summed E-state index contributed by atoms with van der Waals surface area (Å²) in [7, 11) is 0. The minimum atomic E-state index is -0.0250. The second-order valence-electron chi connectivity index (χ2n) is 6.94. The molecule has 0 atom stereocenters. The van der Waals surface area contributed by atoms with Crippen LogP contribution in [-0.4, -0.2) is 33.4 Å². The van der Waals surface area contributed by atoms with Crippen LogP contribution in [0.25, 0.3) is 0 Å². The predicted octanol–water partition coefficient (Wildman–Crippen LogP) is 3.69. The maximum Gasteiger partial charge on any atom is 0.225 e. The molecule has 1 saturated heterocycles. The van der Waals surface area contributed by atoms with Crippen molar-refractivity contribution < 1.29 is 4.79 Å². The molecule has 0 unspecified atom stereocenters. The van der Waals surface area contributed by atoms with Gasteiger partial charge in [-0.25, -0.2) is 0 Å². The van der Waals surface area contributed by atoms with Crippen LogP contribution in [-0.2, 0) is 23.3 Å². The van der Waals surface area contributed by atoms with Crippen molar-refractivity contribution in [2.24, 2.45) is 0 Å². The molecule has 2 aliphatic heterocycles. The molecule has 126 valence electrons. The maximum atomic E-state index is 13.1. The molecule has 24 heavy (non-hydrogen) atoms. The molecule has 0 aliphatic carbocycles. The first-order valence-electron chi connectivity index (χ1n) is 8.83. The van der Waals surface area contributed by atoms with Crippen molar-refractivity contribution in [2.45, 2.75) is 37.8 Å². The Morgan fingerprint density at radius 2 is 1.75 bits per heavy atom. The largest absolute Gasteiger partial charge is 0.348 e. The van der Waals surface area contributed by atoms with E-state index in [0.717, 1.165) is 43.9 Å². The summed E-state index contributed by atoms with van der Waals surface area (Å²) in [4.78, 5) is 15.1. The van der Waals surface area contributed by atoms with Crippen molar-refractivity contribution in [3.63, 3.8) is 0 Å². The summed E-state index contributed by atoms with van der Waals surface area (Å²) in [5, 5.41) is 0. The molecule has 0 saturated carbocycles. The second-order valence-corrected chi connectivity index (χ2v) is 8.16. The van der Waals surface area contributed by atoms with E-state index in [-0.39, 0.29) is 5.54 Å². The van der Waals surface area contributed by atoms with Crippen molar-refractivity contribution in [2.75, 3.05) is 18.1 Å². The highest BCUT2D eigenvalue weighted by Gasteiger charge is 2.37. The number of aromatic nitrogens is 1. The molecule has 3 heterocycles. The van der Waals surface area contributed by atoms with E-state index in [1.807, 2.05) is 11.8 Å². The minimum absolute atomic E-state index is 0.0250. The van der Waals surface area contributed by atoms with E-state index in [2.05, 4.69) is 58.3 Å². The van der Waals surface area contributed by atoms with Crippen molar-refractivity contribution >= 4 is 17.7 Å². The van der Waals surface area contributed by atoms with Crippen LogP contribution in [0, 0.1) is 0 Å². The lowest BCUT2D eigenvalue weighted by Crippen LogP contribution is -2.44. The zero-order chi connectivity index (χ0) is 16.4. The number of fused-ring (bicyclic) bond motifs is 1. The minimum Gasteiger partial charge on any atom is -0.348 e. The number of hydrogen-bond donors (Lipinski definition) is 0. The van der Waals surface area contributed by atoms with Gasteiger partial charge in [0.25, 0.3) is 0 Å². The van der Waals surface area contributed by atoms with Gasteiger partial charge in [-0.15, -0.1) is 0 Å². The fourth-order valence-electron chi connectivity index (χ4n) is 4.03. The fourth-order valence-corrected chi connectivity index (χ4v) is 5.28. The number of amides is 1. The summed E-state index contributed by atoms with van der Waals surface area (Å²) in [6.45, 7) is 1.62. The molecule has 0 spiro atoms. The van der Waals surface area contributed by atoms with E-state index < -0.39 is 0 Å². The molecule has 2 aromatic rings. The zero-order valence-electron chi connectivity index (χ0n) is 14.0. The Hall–Kier alpha value is -1.68. The van der Waals surface area contributed by atoms with Gasteiger partial charge in [0.2, 0.25) is 5.91 Å². The third kappa shape index (κ3) is 3.00. The summed E-state index contributed by atoms with van der Waals surface area (Å²) in [6, 6.07) is 12.7. The van der Waals surface area contributed by atoms with Crippen LogP contribution < -0.4 is 0 Å². The number of thioether (sulfide) groups is 1. The molecule has 0 bridgehead atoms. The summed E-state index contributed by atoms with van der Waals surface area (Å²) in [6.07, 6.45) is 8.05. The van der Waals surface area contributed by atoms with Crippen LogP contribution in [0.3, 0.4) is 0 Å². The van der Waals surface area contributed by atoms with Crippen LogP contribution in [0.1, 0.15) is 30.4 Å². The van der Waals surface area contributed by atoms with Crippen molar-refractivity contribution in [3.05, 3.63) is 59.9 Å². The van der Waals surface area contributed by atoms with E-state index in [9.17, 15) is 4.79 Å². The molecule has 1 fully saturated rings. The second kappa shape index (κ2) is 6.67. The Labute approximate surface area is 148 Å². The number of hydrogen-bond acceptors (Lipinski definition) is 2. The lowest BCUT2D eigenvalue weighted by molar-refractivity contribution is -0.134. The van der Waals surface area contributed by atoms with E-state index in [1.54, 1.807) is 0 Å². The average Bonchev–Trinajstić information content (AvgIpc) is 3.17. The van der Waals surface area contributed by atoms with Crippen LogP contribution in [0.4, 0.5) is 0 Å². The van der Waals surface area contributed by atoms with E-state index >= 15 is 0 Å². The van der Waals surface area contributed by atoms with Crippen LogP contribution in [0.2, 0.25) is 0 Å².